The van der Waals surface area contributed by atoms with E-state index in [2.05, 4.69) is 4.98 Å². The lowest BCUT2D eigenvalue weighted by atomic mass is 10.4. The molecule has 0 spiro atoms. The number of rotatable bonds is 2. The number of aromatic nitrogens is 1. The Morgan fingerprint density at radius 3 is 3.00 bits per heavy atom. The zero-order valence-corrected chi connectivity index (χ0v) is 6.48. The highest BCUT2D eigenvalue weighted by Gasteiger charge is 2.07. The minimum Gasteiger partial charge on any atom is -0.467 e. The topological polar surface area (TPSA) is 48.4 Å². The molecule has 0 amide bonds. The van der Waals surface area contributed by atoms with Gasteiger partial charge >= 0.3 is 5.95 Å². The van der Waals surface area contributed by atoms with Crippen molar-refractivity contribution in [1.82, 2.24) is 4.98 Å². The number of nitrogens with zero attached hydrogens (tertiary/aromatic N) is 1. The molecule has 0 aliphatic heterocycles. The maximum atomic E-state index is 5.15. The summed E-state index contributed by atoms with van der Waals surface area (Å²) in [7, 11) is 1.52. The fourth-order valence-electron chi connectivity index (χ4n) is 0.868. The van der Waals surface area contributed by atoms with E-state index in [0.29, 0.717) is 17.6 Å². The largest absolute Gasteiger partial charge is 0.467 e. The molecule has 0 aromatic carbocycles. The monoisotopic (exact) mass is 165 g/mol. The molecule has 4 heteroatoms. The van der Waals surface area contributed by atoms with E-state index in [1.807, 2.05) is 0 Å². The third-order valence-electron chi connectivity index (χ3n) is 1.42. The Hall–Kier alpha value is -1.71. The summed E-state index contributed by atoms with van der Waals surface area (Å²) in [5.41, 5.74) is 0. The quantitative estimate of drug-likeness (QED) is 0.682. The first-order valence-electron chi connectivity index (χ1n) is 3.44. The van der Waals surface area contributed by atoms with Crippen LogP contribution in [-0.2, 0) is 0 Å². The summed E-state index contributed by atoms with van der Waals surface area (Å²) in [5, 5.41) is 0. The van der Waals surface area contributed by atoms with Gasteiger partial charge in [-0.1, -0.05) is 0 Å². The summed E-state index contributed by atoms with van der Waals surface area (Å²) in [6, 6.07) is 3.54. The van der Waals surface area contributed by atoms with Gasteiger partial charge in [0, 0.05) is 0 Å². The molecule has 0 atom stereocenters. The highest BCUT2D eigenvalue weighted by molar-refractivity contribution is 5.43. The number of oxazole rings is 1. The minimum absolute atomic E-state index is 0.376. The van der Waals surface area contributed by atoms with Crippen LogP contribution >= 0.6 is 0 Å². The normalized spacial score (nSPS) is 10.1. The Morgan fingerprint density at radius 1 is 1.50 bits per heavy atom. The third-order valence-corrected chi connectivity index (χ3v) is 1.42. The van der Waals surface area contributed by atoms with Crippen LogP contribution in [0, 0.1) is 0 Å². The van der Waals surface area contributed by atoms with Crippen molar-refractivity contribution >= 4 is 0 Å². The first-order valence-corrected chi connectivity index (χ1v) is 3.44. The lowest BCUT2D eigenvalue weighted by molar-refractivity contribution is 0.306. The first-order chi connectivity index (χ1) is 5.90. The fraction of sp³-hybridized carbons (Fsp3) is 0.125. The highest BCUT2D eigenvalue weighted by Crippen LogP contribution is 2.22. The molecule has 0 aliphatic carbocycles. The van der Waals surface area contributed by atoms with E-state index in [9.17, 15) is 0 Å². The van der Waals surface area contributed by atoms with E-state index in [1.165, 1.54) is 13.3 Å². The number of hydrogen-bond acceptors (Lipinski definition) is 4. The summed E-state index contributed by atoms with van der Waals surface area (Å²) in [6.07, 6.45) is 3.06. The summed E-state index contributed by atoms with van der Waals surface area (Å²) in [6.45, 7) is 0. The fourth-order valence-corrected chi connectivity index (χ4v) is 0.868. The zero-order chi connectivity index (χ0) is 8.39. The molecule has 2 heterocycles. The van der Waals surface area contributed by atoms with Gasteiger partial charge in [0.2, 0.25) is 0 Å². The molecule has 4 nitrogen and oxygen atoms in total. The molecule has 0 saturated carbocycles. The molecule has 2 rings (SSSR count). The lowest BCUT2D eigenvalue weighted by Gasteiger charge is -1.88. The van der Waals surface area contributed by atoms with Gasteiger partial charge in [0.15, 0.2) is 5.76 Å². The van der Waals surface area contributed by atoms with E-state index in [4.69, 9.17) is 13.6 Å². The van der Waals surface area contributed by atoms with E-state index < -0.39 is 0 Å². The molecular weight excluding hydrogens is 158 g/mol. The van der Waals surface area contributed by atoms with E-state index in [1.54, 1.807) is 18.4 Å². The van der Waals surface area contributed by atoms with Crippen molar-refractivity contribution in [2.45, 2.75) is 0 Å². The van der Waals surface area contributed by atoms with Gasteiger partial charge in [-0.05, 0) is 12.1 Å². The first kappa shape index (κ1) is 6.97. The van der Waals surface area contributed by atoms with E-state index >= 15 is 0 Å². The highest BCUT2D eigenvalue weighted by atomic mass is 16.6. The van der Waals surface area contributed by atoms with Crippen molar-refractivity contribution in [3.63, 3.8) is 0 Å². The zero-order valence-electron chi connectivity index (χ0n) is 6.48. The van der Waals surface area contributed by atoms with Crippen LogP contribution in [0.1, 0.15) is 0 Å². The van der Waals surface area contributed by atoms with Crippen LogP contribution in [0.3, 0.4) is 0 Å². The van der Waals surface area contributed by atoms with Gasteiger partial charge in [-0.2, -0.15) is 0 Å². The van der Waals surface area contributed by atoms with Crippen molar-refractivity contribution in [1.29, 1.82) is 0 Å². The maximum Gasteiger partial charge on any atom is 0.305 e. The van der Waals surface area contributed by atoms with Gasteiger partial charge in [-0.3, -0.25) is 0 Å². The average molecular weight is 165 g/mol. The number of ether oxygens (including phenoxy) is 1. The molecule has 2 aromatic rings. The molecule has 2 aromatic heterocycles. The number of methoxy groups -OCH3 is 1. The molecule has 0 unspecified atom stereocenters. The van der Waals surface area contributed by atoms with Crippen LogP contribution in [-0.4, -0.2) is 12.1 Å². The molecule has 62 valence electrons. The molecule has 0 fully saturated rings. The van der Waals surface area contributed by atoms with Crippen LogP contribution in [0.4, 0.5) is 0 Å². The van der Waals surface area contributed by atoms with Crippen molar-refractivity contribution in [2.75, 3.05) is 7.11 Å². The Labute approximate surface area is 68.8 Å². The van der Waals surface area contributed by atoms with Gasteiger partial charge < -0.3 is 13.6 Å². The second-order valence-corrected chi connectivity index (χ2v) is 2.17. The molecule has 0 aliphatic rings. The Kier molecular flexibility index (Phi) is 1.59. The summed E-state index contributed by atoms with van der Waals surface area (Å²) < 4.78 is 15.0. The maximum absolute atomic E-state index is 5.15. The van der Waals surface area contributed by atoms with Crippen LogP contribution < -0.4 is 4.74 Å². The summed E-state index contributed by atoms with van der Waals surface area (Å²) >= 11 is 0. The average Bonchev–Trinajstić information content (AvgIpc) is 2.75. The molecular formula is C8H7NO3. The van der Waals surface area contributed by atoms with E-state index in [-0.39, 0.29) is 0 Å². The molecule has 12 heavy (non-hydrogen) atoms. The third kappa shape index (κ3) is 1.07. The van der Waals surface area contributed by atoms with Crippen molar-refractivity contribution in [3.05, 3.63) is 24.6 Å². The van der Waals surface area contributed by atoms with Crippen molar-refractivity contribution in [3.8, 4) is 17.6 Å². The van der Waals surface area contributed by atoms with Crippen molar-refractivity contribution < 1.29 is 13.6 Å². The van der Waals surface area contributed by atoms with E-state index in [0.717, 1.165) is 0 Å². The van der Waals surface area contributed by atoms with Crippen LogP contribution in [0.2, 0.25) is 0 Å². The smallest absolute Gasteiger partial charge is 0.305 e. The second-order valence-electron chi connectivity index (χ2n) is 2.17. The number of hydrogen-bond donors (Lipinski definition) is 0. The van der Waals surface area contributed by atoms with Gasteiger partial charge in [-0.15, -0.1) is 0 Å². The minimum atomic E-state index is 0.376. The Balaban J connectivity index is 2.35. The Morgan fingerprint density at radius 2 is 2.42 bits per heavy atom. The molecule has 0 bridgehead atoms. The Bertz CT molecular complexity index is 350. The summed E-state index contributed by atoms with van der Waals surface area (Å²) in [4.78, 5) is 3.94. The molecule has 0 N–H and O–H groups in total. The van der Waals surface area contributed by atoms with Crippen molar-refractivity contribution in [2.24, 2.45) is 0 Å². The number of furan rings is 1. The van der Waals surface area contributed by atoms with Gasteiger partial charge in [-0.25, -0.2) is 4.98 Å². The second kappa shape index (κ2) is 2.73. The van der Waals surface area contributed by atoms with Gasteiger partial charge in [0.25, 0.3) is 5.89 Å². The predicted molar refractivity (Wildman–Crippen MR) is 40.8 cm³/mol. The summed E-state index contributed by atoms with van der Waals surface area (Å²) in [5.74, 6) is 1.40. The predicted octanol–water partition coefficient (Wildman–Crippen LogP) is 1.94. The van der Waals surface area contributed by atoms with Gasteiger partial charge in [0.1, 0.15) is 6.20 Å². The lowest BCUT2D eigenvalue weighted by Crippen LogP contribution is -1.75. The van der Waals surface area contributed by atoms with Crippen LogP contribution in [0.5, 0.6) is 5.95 Å². The molecule has 0 radical (unpaired) electrons. The molecule has 0 saturated heterocycles. The van der Waals surface area contributed by atoms with Gasteiger partial charge in [0.05, 0.1) is 13.4 Å². The standard InChI is InChI=1S/C8H7NO3/c1-10-7-5-9-8(12-7)6-3-2-4-11-6/h2-5H,1H3. The van der Waals surface area contributed by atoms with Crippen LogP contribution in [0.25, 0.3) is 11.7 Å². The van der Waals surface area contributed by atoms with Crippen LogP contribution in [0.15, 0.2) is 33.4 Å². The SMILES string of the molecule is COc1cnc(-c2ccco2)o1.